The van der Waals surface area contributed by atoms with E-state index in [-0.39, 0.29) is 18.0 Å². The quantitative estimate of drug-likeness (QED) is 0.289. The third-order valence-corrected chi connectivity index (χ3v) is 17.4. The molecule has 7 rings (SSSR count). The molecule has 5 fully saturated rings. The van der Waals surface area contributed by atoms with Crippen molar-refractivity contribution < 1.29 is 23.1 Å². The number of ether oxygens (including phenoxy) is 1. The molecule has 270 valence electrons. The molecule has 0 amide bonds. The van der Waals surface area contributed by atoms with Crippen molar-refractivity contribution in [2.24, 2.45) is 51.8 Å². The lowest BCUT2D eigenvalue weighted by molar-refractivity contribution is -0.158. The lowest BCUT2D eigenvalue weighted by Gasteiger charge is -2.64. The van der Waals surface area contributed by atoms with E-state index in [1.807, 2.05) is 6.92 Å². The molecule has 1 heterocycles. The van der Waals surface area contributed by atoms with E-state index in [0.717, 1.165) is 49.1 Å². The normalized spacial score (nSPS) is 43.5. The van der Waals surface area contributed by atoms with Gasteiger partial charge in [-0.2, -0.15) is 0 Å². The maximum Gasteiger partial charge on any atom is 0.314 e. The van der Waals surface area contributed by atoms with E-state index < -0.39 is 15.3 Å². The Bertz CT molecular complexity index is 1390. The lowest BCUT2D eigenvalue weighted by atomic mass is 9.41. The van der Waals surface area contributed by atoms with Crippen LogP contribution in [0.1, 0.15) is 111 Å². The van der Waals surface area contributed by atoms with E-state index in [9.17, 15) is 18.3 Å². The predicted molar refractivity (Wildman–Crippen MR) is 191 cm³/mol. The van der Waals surface area contributed by atoms with Crippen LogP contribution in [0.15, 0.2) is 23.3 Å². The highest BCUT2D eigenvalue weighted by molar-refractivity contribution is 7.91. The first-order chi connectivity index (χ1) is 22.9. The van der Waals surface area contributed by atoms with Gasteiger partial charge in [0.05, 0.1) is 30.1 Å². The number of fused-ring (bicyclic) bond motifs is 7. The Hall–Kier alpha value is -1.22. The zero-order valence-corrected chi connectivity index (χ0v) is 31.2. The highest BCUT2D eigenvalue weighted by Gasteiger charge is 2.61. The van der Waals surface area contributed by atoms with E-state index >= 15 is 0 Å². The molecule has 4 saturated carbocycles. The average Bonchev–Trinajstić information content (AvgIpc) is 3.50. The fraction of sp³-hybridized carbons (Fsp3) is 0.875. The number of carbonyl (C=O) groups is 1. The molecular formula is C40H64N2O5S. The second kappa shape index (κ2) is 13.1. The Kier molecular flexibility index (Phi) is 9.59. The Morgan fingerprint density at radius 1 is 0.938 bits per heavy atom. The van der Waals surface area contributed by atoms with Gasteiger partial charge in [-0.15, -0.1) is 0 Å². The number of sulfone groups is 1. The zero-order chi connectivity index (χ0) is 34.0. The van der Waals surface area contributed by atoms with Gasteiger partial charge in [-0.25, -0.2) is 8.42 Å². The molecule has 7 aliphatic rings. The van der Waals surface area contributed by atoms with Crippen molar-refractivity contribution in [3.8, 4) is 0 Å². The number of carbonyl (C=O) groups excluding carboxylic acids is 1. The van der Waals surface area contributed by atoms with Gasteiger partial charge < -0.3 is 20.1 Å². The second-order valence-electron chi connectivity index (χ2n) is 18.1. The van der Waals surface area contributed by atoms with Crippen LogP contribution in [0.4, 0.5) is 0 Å². The molecule has 1 saturated heterocycles. The predicted octanol–water partition coefficient (Wildman–Crippen LogP) is 6.32. The minimum Gasteiger partial charge on any atom is -0.465 e. The van der Waals surface area contributed by atoms with Crippen molar-refractivity contribution in [3.63, 3.8) is 0 Å². The third kappa shape index (κ3) is 5.88. The number of allylic oxidation sites excluding steroid dienone is 4. The van der Waals surface area contributed by atoms with Crippen LogP contribution in [-0.2, 0) is 19.4 Å². The number of nitrogens with one attached hydrogen (secondary N) is 1. The molecule has 0 bridgehead atoms. The molecule has 0 spiro atoms. The van der Waals surface area contributed by atoms with Gasteiger partial charge in [0.25, 0.3) is 0 Å². The second-order valence-corrected chi connectivity index (χ2v) is 20.4. The van der Waals surface area contributed by atoms with E-state index in [4.69, 9.17) is 4.74 Å². The SMILES string of the molecule is CCOC(=O)C1(CO)CC=C(C2=CC[C@]3(C)C4CCC5C(CC[C@@]6(NCCN7CCS(=O)(=O)CC7)CCCC56)[C@@H]4CCC3C2(C)C)CC1. The van der Waals surface area contributed by atoms with Crippen molar-refractivity contribution >= 4 is 15.8 Å². The van der Waals surface area contributed by atoms with Crippen molar-refractivity contribution in [1.29, 1.82) is 0 Å². The van der Waals surface area contributed by atoms with E-state index in [2.05, 4.69) is 43.1 Å². The van der Waals surface area contributed by atoms with E-state index in [0.29, 0.717) is 60.9 Å². The topological polar surface area (TPSA) is 95.9 Å². The Balaban J connectivity index is 1.03. The Labute approximate surface area is 291 Å². The Morgan fingerprint density at radius 3 is 2.40 bits per heavy atom. The highest BCUT2D eigenvalue weighted by Crippen LogP contribution is 2.68. The van der Waals surface area contributed by atoms with E-state index in [1.54, 1.807) is 0 Å². The maximum absolute atomic E-state index is 12.8. The number of aliphatic hydroxyl groups is 1. The summed E-state index contributed by atoms with van der Waals surface area (Å²) in [7, 11) is -2.83. The molecule has 6 unspecified atom stereocenters. The van der Waals surface area contributed by atoms with Crippen LogP contribution in [0.3, 0.4) is 0 Å². The largest absolute Gasteiger partial charge is 0.465 e. The van der Waals surface area contributed by atoms with Crippen LogP contribution in [0.2, 0.25) is 0 Å². The molecule has 8 heteroatoms. The van der Waals surface area contributed by atoms with Crippen molar-refractivity contribution in [1.82, 2.24) is 10.2 Å². The number of hydrogen-bond donors (Lipinski definition) is 2. The lowest BCUT2D eigenvalue weighted by Crippen LogP contribution is -2.61. The van der Waals surface area contributed by atoms with Crippen LogP contribution in [0.5, 0.6) is 0 Å². The molecule has 2 N–H and O–H groups in total. The minimum absolute atomic E-state index is 0.0967. The molecule has 0 aromatic rings. The summed E-state index contributed by atoms with van der Waals surface area (Å²) < 4.78 is 29.2. The van der Waals surface area contributed by atoms with Gasteiger partial charge in [0.2, 0.25) is 0 Å². The standard InChI is InChI=1S/C40H64N2O5S/c1-5-47-36(44)39(27-43)18-12-28(13-19-39)32-15-17-38(4)33-10-8-31-29(30(33)9-11-35(38)37(32,2)3)14-20-40(16-6-7-34(31)40)41-21-22-42-23-25-48(45,46)26-24-42/h12,15,29-31,33-35,41,43H,5-11,13-14,16-27H2,1-4H3/t29?,30-,31?,33?,34?,35?,38+,39?,40-/m0/s1. The van der Waals surface area contributed by atoms with Gasteiger partial charge in [0, 0.05) is 31.7 Å². The third-order valence-electron chi connectivity index (χ3n) is 15.8. The molecule has 48 heavy (non-hydrogen) atoms. The van der Waals surface area contributed by atoms with Crippen LogP contribution < -0.4 is 5.32 Å². The number of nitrogens with zero attached hydrogens (tertiary/aromatic N) is 1. The summed E-state index contributed by atoms with van der Waals surface area (Å²) >= 11 is 0. The fourth-order valence-electron chi connectivity index (χ4n) is 13.3. The van der Waals surface area contributed by atoms with Gasteiger partial charge >= 0.3 is 5.97 Å². The summed E-state index contributed by atoms with van der Waals surface area (Å²) in [4.78, 5) is 15.1. The summed E-state index contributed by atoms with van der Waals surface area (Å²) in [6, 6.07) is 0. The summed E-state index contributed by atoms with van der Waals surface area (Å²) in [5, 5.41) is 14.4. The maximum atomic E-state index is 12.8. The van der Waals surface area contributed by atoms with E-state index in [1.165, 1.54) is 75.4 Å². The van der Waals surface area contributed by atoms with Crippen LogP contribution >= 0.6 is 0 Å². The van der Waals surface area contributed by atoms with Crippen molar-refractivity contribution in [2.75, 3.05) is 50.9 Å². The molecule has 0 radical (unpaired) electrons. The monoisotopic (exact) mass is 684 g/mol. The van der Waals surface area contributed by atoms with Crippen LogP contribution in [0.25, 0.3) is 0 Å². The van der Waals surface area contributed by atoms with Gasteiger partial charge in [-0.3, -0.25) is 4.79 Å². The fourth-order valence-corrected chi connectivity index (χ4v) is 14.6. The molecule has 1 aliphatic heterocycles. The Morgan fingerprint density at radius 2 is 1.69 bits per heavy atom. The molecule has 0 aromatic heterocycles. The summed E-state index contributed by atoms with van der Waals surface area (Å²) in [6.07, 6.45) is 20.4. The highest BCUT2D eigenvalue weighted by atomic mass is 32.2. The molecule has 0 aromatic carbocycles. The minimum atomic E-state index is -2.83. The molecular weight excluding hydrogens is 621 g/mol. The van der Waals surface area contributed by atoms with Gasteiger partial charge in [-0.05, 0) is 141 Å². The molecule has 7 nitrogen and oxygen atoms in total. The van der Waals surface area contributed by atoms with Crippen molar-refractivity contribution in [2.45, 2.75) is 117 Å². The number of rotatable bonds is 8. The smallest absolute Gasteiger partial charge is 0.314 e. The number of esters is 1. The molecule has 6 aliphatic carbocycles. The number of hydrogen-bond acceptors (Lipinski definition) is 7. The summed E-state index contributed by atoms with van der Waals surface area (Å²) in [6.45, 7) is 13.1. The van der Waals surface area contributed by atoms with Gasteiger partial charge in [-0.1, -0.05) is 39.3 Å². The summed E-state index contributed by atoms with van der Waals surface area (Å²) in [5.74, 6) is 5.25. The first-order valence-electron chi connectivity index (χ1n) is 19.7. The van der Waals surface area contributed by atoms with Gasteiger partial charge in [0.1, 0.15) is 0 Å². The first-order valence-corrected chi connectivity index (χ1v) is 21.6. The van der Waals surface area contributed by atoms with Crippen LogP contribution in [-0.4, -0.2) is 80.8 Å². The number of aliphatic hydroxyl groups excluding tert-OH is 1. The first kappa shape index (κ1) is 35.2. The zero-order valence-electron chi connectivity index (χ0n) is 30.4. The molecule has 9 atom stereocenters. The average molecular weight is 685 g/mol. The van der Waals surface area contributed by atoms with Crippen LogP contribution in [0, 0.1) is 51.8 Å². The van der Waals surface area contributed by atoms with Gasteiger partial charge in [0.15, 0.2) is 9.84 Å². The summed E-state index contributed by atoms with van der Waals surface area (Å²) in [5.41, 5.74) is 2.87. The van der Waals surface area contributed by atoms with Crippen molar-refractivity contribution in [3.05, 3.63) is 23.3 Å².